The summed E-state index contributed by atoms with van der Waals surface area (Å²) in [5.74, 6) is 2.26. The molecule has 0 aromatic carbocycles. The average molecular weight is 274 g/mol. The van der Waals surface area contributed by atoms with E-state index in [0.717, 1.165) is 11.8 Å². The lowest BCUT2D eigenvalue weighted by molar-refractivity contribution is -0.122. The van der Waals surface area contributed by atoms with Gasteiger partial charge in [-0.3, -0.25) is 9.59 Å². The quantitative estimate of drug-likeness (QED) is 0.910. The van der Waals surface area contributed by atoms with Crippen molar-refractivity contribution in [2.24, 2.45) is 17.8 Å². The predicted molar refractivity (Wildman–Crippen MR) is 77.2 cm³/mol. The highest BCUT2D eigenvalue weighted by Crippen LogP contribution is 2.49. The Bertz CT molecular complexity index is 551. The van der Waals surface area contributed by atoms with Crippen molar-refractivity contribution in [2.75, 3.05) is 0 Å². The molecule has 4 nitrogen and oxygen atoms in total. The van der Waals surface area contributed by atoms with Gasteiger partial charge in [0.2, 0.25) is 5.91 Å². The van der Waals surface area contributed by atoms with Crippen LogP contribution in [0, 0.1) is 17.8 Å². The molecule has 0 unspecified atom stereocenters. The number of fused-ring (bicyclic) bond motifs is 2. The SMILES string of the molecule is C[C@@H](NC(=O)Cn1ccccc1=O)[C@@H]1C[C@@H]2CC[C@@H]1C2. The first-order chi connectivity index (χ1) is 9.63. The summed E-state index contributed by atoms with van der Waals surface area (Å²) in [6.07, 6.45) is 6.97. The van der Waals surface area contributed by atoms with Crippen molar-refractivity contribution in [3.8, 4) is 0 Å². The molecule has 1 aromatic rings. The largest absolute Gasteiger partial charge is 0.352 e. The number of nitrogens with one attached hydrogen (secondary N) is 1. The van der Waals surface area contributed by atoms with Crippen LogP contribution in [0.4, 0.5) is 0 Å². The number of carbonyl (C=O) groups is 1. The maximum absolute atomic E-state index is 12.1. The molecule has 20 heavy (non-hydrogen) atoms. The van der Waals surface area contributed by atoms with Crippen molar-refractivity contribution in [1.82, 2.24) is 9.88 Å². The molecule has 0 radical (unpaired) electrons. The summed E-state index contributed by atoms with van der Waals surface area (Å²) in [4.78, 5) is 23.7. The monoisotopic (exact) mass is 274 g/mol. The molecule has 4 heteroatoms. The Morgan fingerprint density at radius 3 is 2.90 bits per heavy atom. The Morgan fingerprint density at radius 2 is 2.25 bits per heavy atom. The normalized spacial score (nSPS) is 29.4. The number of aromatic nitrogens is 1. The molecule has 0 spiro atoms. The van der Waals surface area contributed by atoms with Crippen LogP contribution < -0.4 is 10.9 Å². The van der Waals surface area contributed by atoms with Gasteiger partial charge < -0.3 is 9.88 Å². The van der Waals surface area contributed by atoms with E-state index in [2.05, 4.69) is 12.2 Å². The van der Waals surface area contributed by atoms with Crippen LogP contribution in [-0.2, 0) is 11.3 Å². The van der Waals surface area contributed by atoms with Crippen LogP contribution in [0.25, 0.3) is 0 Å². The fourth-order valence-electron chi connectivity index (χ4n) is 4.06. The van der Waals surface area contributed by atoms with Gasteiger partial charge in [-0.25, -0.2) is 0 Å². The maximum atomic E-state index is 12.1. The molecule has 1 N–H and O–H groups in total. The van der Waals surface area contributed by atoms with Crippen LogP contribution in [0.3, 0.4) is 0 Å². The van der Waals surface area contributed by atoms with Gasteiger partial charge in [-0.05, 0) is 50.0 Å². The minimum Gasteiger partial charge on any atom is -0.352 e. The molecule has 108 valence electrons. The zero-order chi connectivity index (χ0) is 14.1. The van der Waals surface area contributed by atoms with Crippen molar-refractivity contribution in [1.29, 1.82) is 0 Å². The second-order valence-electron chi connectivity index (χ2n) is 6.36. The van der Waals surface area contributed by atoms with E-state index in [1.54, 1.807) is 18.3 Å². The van der Waals surface area contributed by atoms with E-state index in [1.807, 2.05) is 0 Å². The van der Waals surface area contributed by atoms with E-state index in [9.17, 15) is 9.59 Å². The molecular weight excluding hydrogens is 252 g/mol. The van der Waals surface area contributed by atoms with Gasteiger partial charge in [0.15, 0.2) is 0 Å². The first kappa shape index (κ1) is 13.4. The molecular formula is C16H22N2O2. The lowest BCUT2D eigenvalue weighted by Gasteiger charge is -2.28. The van der Waals surface area contributed by atoms with Crippen molar-refractivity contribution >= 4 is 5.91 Å². The molecule has 0 saturated heterocycles. The first-order valence-corrected chi connectivity index (χ1v) is 7.58. The number of rotatable bonds is 4. The highest BCUT2D eigenvalue weighted by Gasteiger charge is 2.42. The lowest BCUT2D eigenvalue weighted by Crippen LogP contribution is -2.42. The average Bonchev–Trinajstić information content (AvgIpc) is 3.03. The van der Waals surface area contributed by atoms with Gasteiger partial charge in [0.25, 0.3) is 5.56 Å². The lowest BCUT2D eigenvalue weighted by atomic mass is 9.84. The van der Waals surface area contributed by atoms with Crippen LogP contribution in [0.2, 0.25) is 0 Å². The molecule has 1 heterocycles. The minimum atomic E-state index is -0.129. The van der Waals surface area contributed by atoms with Crippen LogP contribution in [-0.4, -0.2) is 16.5 Å². The van der Waals surface area contributed by atoms with Gasteiger partial charge in [0.05, 0.1) is 0 Å². The summed E-state index contributed by atoms with van der Waals surface area (Å²) >= 11 is 0. The van der Waals surface area contributed by atoms with Crippen LogP contribution in [0.1, 0.15) is 32.6 Å². The van der Waals surface area contributed by atoms with Gasteiger partial charge in [0, 0.05) is 18.3 Å². The van der Waals surface area contributed by atoms with E-state index >= 15 is 0 Å². The molecule has 2 saturated carbocycles. The Labute approximate surface area is 119 Å². The summed E-state index contributed by atoms with van der Waals surface area (Å²) in [7, 11) is 0. The molecule has 4 atom stereocenters. The van der Waals surface area contributed by atoms with E-state index in [-0.39, 0.29) is 24.1 Å². The molecule has 2 aliphatic carbocycles. The van der Waals surface area contributed by atoms with E-state index in [4.69, 9.17) is 0 Å². The predicted octanol–water partition coefficient (Wildman–Crippen LogP) is 1.79. The third-order valence-electron chi connectivity index (χ3n) is 5.04. The number of amides is 1. The minimum absolute atomic E-state index is 0.0615. The number of nitrogens with zero attached hydrogens (tertiary/aromatic N) is 1. The fraction of sp³-hybridized carbons (Fsp3) is 0.625. The van der Waals surface area contributed by atoms with Crippen molar-refractivity contribution < 1.29 is 4.79 Å². The van der Waals surface area contributed by atoms with Gasteiger partial charge in [-0.1, -0.05) is 12.5 Å². The highest BCUT2D eigenvalue weighted by molar-refractivity contribution is 5.76. The van der Waals surface area contributed by atoms with Gasteiger partial charge in [-0.15, -0.1) is 0 Å². The summed E-state index contributed by atoms with van der Waals surface area (Å²) in [6, 6.07) is 5.16. The van der Waals surface area contributed by atoms with E-state index in [1.165, 1.54) is 36.3 Å². The Morgan fingerprint density at radius 1 is 1.40 bits per heavy atom. The first-order valence-electron chi connectivity index (χ1n) is 7.58. The fourth-order valence-corrected chi connectivity index (χ4v) is 4.06. The summed E-state index contributed by atoms with van der Waals surface area (Å²) in [6.45, 7) is 2.22. The Balaban J connectivity index is 1.56. The standard InChI is InChI=1S/C16H22N2O2/c1-11(14-9-12-5-6-13(14)8-12)17-15(19)10-18-7-3-2-4-16(18)20/h2-4,7,11-14H,5-6,8-10H2,1H3,(H,17,19)/t11-,12-,13-,14+/m1/s1. The zero-order valence-electron chi connectivity index (χ0n) is 11.9. The van der Waals surface area contributed by atoms with Crippen molar-refractivity contribution in [2.45, 2.75) is 45.2 Å². The van der Waals surface area contributed by atoms with E-state index < -0.39 is 0 Å². The van der Waals surface area contributed by atoms with Gasteiger partial charge in [0.1, 0.15) is 6.54 Å². The second-order valence-corrected chi connectivity index (χ2v) is 6.36. The summed E-state index contributed by atoms with van der Waals surface area (Å²) < 4.78 is 1.45. The number of hydrogen-bond donors (Lipinski definition) is 1. The molecule has 1 aromatic heterocycles. The molecule has 1 amide bonds. The van der Waals surface area contributed by atoms with Crippen LogP contribution >= 0.6 is 0 Å². The highest BCUT2D eigenvalue weighted by atomic mass is 16.2. The molecule has 2 fully saturated rings. The third kappa shape index (κ3) is 2.65. The summed E-state index contributed by atoms with van der Waals surface area (Å²) in [5, 5.41) is 3.08. The topological polar surface area (TPSA) is 51.1 Å². The number of carbonyl (C=O) groups excluding carboxylic acids is 1. The number of pyridine rings is 1. The van der Waals surface area contributed by atoms with Crippen molar-refractivity contribution in [3.63, 3.8) is 0 Å². The smallest absolute Gasteiger partial charge is 0.250 e. The summed E-state index contributed by atoms with van der Waals surface area (Å²) in [5.41, 5.74) is -0.129. The van der Waals surface area contributed by atoms with Crippen LogP contribution in [0.15, 0.2) is 29.2 Å². The molecule has 0 aliphatic heterocycles. The van der Waals surface area contributed by atoms with Crippen molar-refractivity contribution in [3.05, 3.63) is 34.7 Å². The van der Waals surface area contributed by atoms with Gasteiger partial charge >= 0.3 is 0 Å². The molecule has 2 bridgehead atoms. The molecule has 2 aliphatic rings. The van der Waals surface area contributed by atoms with Crippen LogP contribution in [0.5, 0.6) is 0 Å². The zero-order valence-corrected chi connectivity index (χ0v) is 11.9. The number of hydrogen-bond acceptors (Lipinski definition) is 2. The van der Waals surface area contributed by atoms with Gasteiger partial charge in [-0.2, -0.15) is 0 Å². The van der Waals surface area contributed by atoms with E-state index in [0.29, 0.717) is 5.92 Å². The maximum Gasteiger partial charge on any atom is 0.250 e. The Kier molecular flexibility index (Phi) is 3.64. The molecule has 3 rings (SSSR count). The Hall–Kier alpha value is -1.58. The third-order valence-corrected chi connectivity index (χ3v) is 5.04. The second kappa shape index (κ2) is 5.43.